The van der Waals surface area contributed by atoms with Gasteiger partial charge in [0, 0.05) is 0 Å². The Morgan fingerprint density at radius 1 is 0.867 bits per heavy atom. The van der Waals surface area contributed by atoms with Gasteiger partial charge in [-0.15, -0.1) is 4.43 Å². The Bertz CT molecular complexity index is 351. The van der Waals surface area contributed by atoms with Crippen LogP contribution < -0.4 is 4.43 Å². The van der Waals surface area contributed by atoms with Gasteiger partial charge in [-0.1, -0.05) is 65.3 Å². The molecule has 0 aliphatic carbocycles. The summed E-state index contributed by atoms with van der Waals surface area (Å²) in [7, 11) is 0. The summed E-state index contributed by atoms with van der Waals surface area (Å²) >= 11 is 2.84. The van der Waals surface area contributed by atoms with E-state index in [2.05, 4.69) is 76.0 Å². The number of rotatable bonds is 0. The Morgan fingerprint density at radius 3 is 1.80 bits per heavy atom. The lowest BCUT2D eigenvalue weighted by Crippen LogP contribution is -2.25. The topological polar surface area (TPSA) is 0 Å². The predicted molar refractivity (Wildman–Crippen MR) is 69.2 cm³/mol. The zero-order valence-electron chi connectivity index (χ0n) is 10.8. The van der Waals surface area contributed by atoms with Crippen molar-refractivity contribution in [3.05, 3.63) is 29.3 Å². The van der Waals surface area contributed by atoms with Crippen molar-refractivity contribution < 1.29 is 0 Å². The molecule has 0 aliphatic rings. The van der Waals surface area contributed by atoms with Gasteiger partial charge in [0.2, 0.25) is 0 Å². The summed E-state index contributed by atoms with van der Waals surface area (Å²) in [5.41, 5.74) is 3.30. The number of hydrogen-bond acceptors (Lipinski definition) is 0. The molecule has 0 nitrogen and oxygen atoms in total. The summed E-state index contributed by atoms with van der Waals surface area (Å²) < 4.78 is 1.32. The van der Waals surface area contributed by atoms with Crippen LogP contribution in [0, 0.1) is 0 Å². The van der Waals surface area contributed by atoms with E-state index in [1.165, 1.54) is 15.6 Å². The molecule has 0 unspecified atom stereocenters. The highest BCUT2D eigenvalue weighted by Gasteiger charge is 2.19. The molecule has 0 amide bonds. The third kappa shape index (κ3) is 3.10. The smallest absolute Gasteiger partial charge is 0.135 e. The van der Waals surface area contributed by atoms with Gasteiger partial charge in [0.1, 0.15) is 0 Å². The van der Waals surface area contributed by atoms with Crippen molar-refractivity contribution in [3.8, 4) is 0 Å². The highest BCUT2D eigenvalue weighted by atomic mass is 27.0. The molecule has 1 aromatic rings. The number of benzene rings is 1. The van der Waals surface area contributed by atoms with Crippen molar-refractivity contribution >= 4 is 20.7 Å². The molecule has 0 heterocycles. The summed E-state index contributed by atoms with van der Waals surface area (Å²) in [5.74, 6) is 0. The first-order valence-corrected chi connectivity index (χ1v) is 6.10. The molecule has 0 bridgehead atoms. The van der Waals surface area contributed by atoms with Crippen LogP contribution in [0.4, 0.5) is 0 Å². The molecule has 2 radical (unpaired) electrons. The fourth-order valence-electron chi connectivity index (χ4n) is 1.67. The third-order valence-corrected chi connectivity index (χ3v) is 3.23. The molecule has 0 atom stereocenters. The van der Waals surface area contributed by atoms with Crippen LogP contribution >= 0.6 is 0 Å². The first-order chi connectivity index (χ1) is 6.62. The Kier molecular flexibility index (Phi) is 3.39. The van der Waals surface area contributed by atoms with Crippen LogP contribution in [0.3, 0.4) is 0 Å². The average molecular weight is 216 g/mol. The molecule has 0 fully saturated rings. The van der Waals surface area contributed by atoms with Gasteiger partial charge >= 0.3 is 0 Å². The van der Waals surface area contributed by atoms with Gasteiger partial charge < -0.3 is 0 Å². The average Bonchev–Trinajstić information content (AvgIpc) is 2.00. The lowest BCUT2D eigenvalue weighted by molar-refractivity contribution is 0.571. The predicted octanol–water partition coefficient (Wildman–Crippen LogP) is 3.08. The molecule has 0 N–H and O–H groups in total. The zero-order chi connectivity index (χ0) is 11.9. The highest BCUT2D eigenvalue weighted by Crippen LogP contribution is 2.27. The van der Waals surface area contributed by atoms with Gasteiger partial charge in [0.15, 0.2) is 16.3 Å². The molecule has 0 aromatic heterocycles. The molecule has 1 aromatic carbocycles. The quantitative estimate of drug-likeness (QED) is 0.585. The van der Waals surface area contributed by atoms with E-state index < -0.39 is 0 Å². The minimum atomic E-state index is 0.221. The minimum absolute atomic E-state index is 0.221. The molecule has 80 valence electrons. The van der Waals surface area contributed by atoms with Gasteiger partial charge in [-0.05, 0) is 16.4 Å². The standard InChI is InChI=1S/C14H21.Al/c1-13(2,3)11-8-7-9-12(10-11)14(4,5)6;/h7-8,10H,1-6H3;. The van der Waals surface area contributed by atoms with Crippen molar-refractivity contribution in [2.24, 2.45) is 0 Å². The summed E-state index contributed by atoms with van der Waals surface area (Å²) in [6.07, 6.45) is 0. The third-order valence-electron chi connectivity index (χ3n) is 2.73. The van der Waals surface area contributed by atoms with E-state index >= 15 is 0 Å². The normalized spacial score (nSPS) is 12.9. The lowest BCUT2D eigenvalue weighted by Gasteiger charge is -2.27. The molecule has 0 aliphatic heterocycles. The van der Waals surface area contributed by atoms with Crippen molar-refractivity contribution in [2.75, 3.05) is 0 Å². The van der Waals surface area contributed by atoms with E-state index in [0.717, 1.165) is 0 Å². The summed E-state index contributed by atoms with van der Waals surface area (Å²) in [4.78, 5) is 0. The monoisotopic (exact) mass is 216 g/mol. The lowest BCUT2D eigenvalue weighted by atomic mass is 9.81. The Hall–Kier alpha value is -0.248. The van der Waals surface area contributed by atoms with E-state index in [4.69, 9.17) is 0 Å². The maximum Gasteiger partial charge on any atom is 0.176 e. The Morgan fingerprint density at radius 2 is 1.40 bits per heavy atom. The molecule has 1 rings (SSSR count). The summed E-state index contributed by atoms with van der Waals surface area (Å²) in [5, 5.41) is 0. The van der Waals surface area contributed by atoms with Crippen LogP contribution in [0.2, 0.25) is 0 Å². The first-order valence-electron chi connectivity index (χ1n) is 5.53. The van der Waals surface area contributed by atoms with Crippen LogP contribution in [0.1, 0.15) is 52.7 Å². The van der Waals surface area contributed by atoms with Crippen LogP contribution in [0.25, 0.3) is 0 Å². The molecule has 0 spiro atoms. The Labute approximate surface area is 103 Å². The van der Waals surface area contributed by atoms with Crippen molar-refractivity contribution in [1.29, 1.82) is 0 Å². The largest absolute Gasteiger partial charge is 0.176 e. The van der Waals surface area contributed by atoms with Crippen LogP contribution in [0.15, 0.2) is 18.2 Å². The number of hydrogen-bond donors (Lipinski definition) is 0. The first kappa shape index (κ1) is 12.8. The van der Waals surface area contributed by atoms with E-state index in [0.29, 0.717) is 0 Å². The molecule has 1 heteroatoms. The van der Waals surface area contributed by atoms with Crippen molar-refractivity contribution in [1.82, 2.24) is 0 Å². The maximum absolute atomic E-state index is 2.84. The second kappa shape index (κ2) is 3.96. The fourth-order valence-corrected chi connectivity index (χ4v) is 2.28. The molecular weight excluding hydrogens is 195 g/mol. The fraction of sp³-hybridized carbons (Fsp3) is 0.571. The van der Waals surface area contributed by atoms with Crippen molar-refractivity contribution in [2.45, 2.75) is 52.4 Å². The van der Waals surface area contributed by atoms with Crippen LogP contribution in [-0.2, 0) is 10.8 Å². The van der Waals surface area contributed by atoms with E-state index in [1.807, 2.05) is 0 Å². The molecule has 0 saturated heterocycles. The second-order valence-corrected chi connectivity index (χ2v) is 6.92. The van der Waals surface area contributed by atoms with E-state index in [1.54, 1.807) is 0 Å². The van der Waals surface area contributed by atoms with Gasteiger partial charge in [-0.2, -0.15) is 0 Å². The zero-order valence-corrected chi connectivity index (χ0v) is 12.0. The minimum Gasteiger partial charge on any atom is -0.135 e. The van der Waals surface area contributed by atoms with Crippen LogP contribution in [-0.4, -0.2) is 16.3 Å². The van der Waals surface area contributed by atoms with Gasteiger partial charge in [-0.25, -0.2) is 0 Å². The van der Waals surface area contributed by atoms with Gasteiger partial charge in [-0.3, -0.25) is 0 Å². The van der Waals surface area contributed by atoms with E-state index in [9.17, 15) is 0 Å². The Balaban J connectivity index is 3.30. The summed E-state index contributed by atoms with van der Waals surface area (Å²) in [6, 6.07) is 6.80. The molecular formula is C14H21Al. The maximum atomic E-state index is 2.84. The molecule has 15 heavy (non-hydrogen) atoms. The van der Waals surface area contributed by atoms with E-state index in [-0.39, 0.29) is 10.8 Å². The van der Waals surface area contributed by atoms with Crippen molar-refractivity contribution in [3.63, 3.8) is 0 Å². The second-order valence-electron chi connectivity index (χ2n) is 6.30. The summed E-state index contributed by atoms with van der Waals surface area (Å²) in [6.45, 7) is 13.6. The molecule has 0 saturated carbocycles. The van der Waals surface area contributed by atoms with Gasteiger partial charge in [0.25, 0.3) is 0 Å². The van der Waals surface area contributed by atoms with Crippen LogP contribution in [0.5, 0.6) is 0 Å². The van der Waals surface area contributed by atoms with Gasteiger partial charge in [0.05, 0.1) is 0 Å². The SMILES string of the molecule is CC(C)(C)c1cc[c]([Al])c(C(C)(C)C)c1. The highest BCUT2D eigenvalue weighted by molar-refractivity contribution is 6.33.